The molecule has 0 amide bonds. The van der Waals surface area contributed by atoms with Crippen LogP contribution in [0.25, 0.3) is 100 Å². The SMILES string of the molecule is [U+2].[c-]1ccccc1-c1[c-]cc(-c2nc(-c3ccc(-c4cccc(-c5ccc6ccccc6c5)c4)cc3)nc(-c3ccc4c(c3)oc3ccccc34)n2)cc1. The Morgan fingerprint density at radius 1 is 0.370 bits per heavy atom. The number of fused-ring (bicyclic) bond motifs is 4. The molecule has 0 N–H and O–H groups in total. The van der Waals surface area contributed by atoms with E-state index in [1.807, 2.05) is 66.7 Å². The van der Waals surface area contributed by atoms with Crippen molar-refractivity contribution in [2.45, 2.75) is 0 Å². The van der Waals surface area contributed by atoms with Crippen molar-refractivity contribution in [3.8, 4) is 67.5 Å². The number of hydrogen-bond donors (Lipinski definition) is 0. The molecule has 0 aliphatic rings. The standard InChI is InChI=1S/C49H29N3O.U/c1-2-9-32(10-3-1)34-17-22-36(23-18-34)47-50-48(52-49(51-47)42-27-28-44-43-15-6-7-16-45(43)53-46(44)31-42)37-24-19-35(20-25-37)39-13-8-14-40(29-39)41-26-21-33-11-4-5-12-38(33)30-41;/h1-9,11-17,19-31H;/q-2;+2. The van der Waals surface area contributed by atoms with Gasteiger partial charge in [0.25, 0.3) is 0 Å². The van der Waals surface area contributed by atoms with Crippen molar-refractivity contribution >= 4 is 32.7 Å². The number of para-hydroxylation sites is 1. The molecular weight excluding hydrogens is 885 g/mol. The summed E-state index contributed by atoms with van der Waals surface area (Å²) >= 11 is 0. The molecule has 0 fully saturated rings. The number of nitrogens with zero attached hydrogens (tertiary/aromatic N) is 3. The van der Waals surface area contributed by atoms with Crippen molar-refractivity contribution in [3.63, 3.8) is 0 Å². The molecule has 250 valence electrons. The van der Waals surface area contributed by atoms with Gasteiger partial charge in [0.05, 0.1) is 0 Å². The van der Waals surface area contributed by atoms with Crippen molar-refractivity contribution in [2.75, 3.05) is 0 Å². The van der Waals surface area contributed by atoms with E-state index < -0.39 is 0 Å². The molecule has 0 saturated heterocycles. The Bertz CT molecular complexity index is 2940. The van der Waals surface area contributed by atoms with Crippen LogP contribution in [0.2, 0.25) is 0 Å². The quantitative estimate of drug-likeness (QED) is 0.156. The van der Waals surface area contributed by atoms with Crippen LogP contribution in [0.4, 0.5) is 0 Å². The topological polar surface area (TPSA) is 51.8 Å². The van der Waals surface area contributed by atoms with Gasteiger partial charge in [-0.1, -0.05) is 109 Å². The molecule has 2 heterocycles. The Kier molecular flexibility index (Phi) is 8.97. The average molecular weight is 914 g/mol. The van der Waals surface area contributed by atoms with Gasteiger partial charge in [-0.05, 0) is 63.4 Å². The maximum atomic E-state index is 6.23. The van der Waals surface area contributed by atoms with Crippen LogP contribution in [-0.4, -0.2) is 15.0 Å². The van der Waals surface area contributed by atoms with Crippen LogP contribution in [0.1, 0.15) is 0 Å². The zero-order chi connectivity index (χ0) is 35.1. The smallest absolute Gasteiger partial charge is 0.456 e. The zero-order valence-corrected chi connectivity index (χ0v) is 33.2. The Balaban J connectivity index is 0.00000384. The summed E-state index contributed by atoms with van der Waals surface area (Å²) in [7, 11) is 0. The molecule has 0 aliphatic heterocycles. The minimum Gasteiger partial charge on any atom is -0.456 e. The first-order valence-corrected chi connectivity index (χ1v) is 17.6. The average Bonchev–Trinajstić information content (AvgIpc) is 3.62. The number of aromatic nitrogens is 3. The Morgan fingerprint density at radius 2 is 0.981 bits per heavy atom. The summed E-state index contributed by atoms with van der Waals surface area (Å²) in [6.45, 7) is 0. The maximum absolute atomic E-state index is 6.23. The molecular formula is C49H29N3OU. The number of hydrogen-bond acceptors (Lipinski definition) is 4. The van der Waals surface area contributed by atoms with Gasteiger partial charge in [0, 0.05) is 21.9 Å². The molecule has 0 unspecified atom stereocenters. The minimum absolute atomic E-state index is 0. The minimum atomic E-state index is 0. The van der Waals surface area contributed by atoms with Gasteiger partial charge >= 0.3 is 31.1 Å². The third-order valence-electron chi connectivity index (χ3n) is 9.76. The summed E-state index contributed by atoms with van der Waals surface area (Å²) in [4.78, 5) is 15.0. The summed E-state index contributed by atoms with van der Waals surface area (Å²) in [5, 5.41) is 4.61. The van der Waals surface area contributed by atoms with Crippen LogP contribution in [0, 0.1) is 43.2 Å². The van der Waals surface area contributed by atoms with Crippen LogP contribution in [-0.2, 0) is 0 Å². The van der Waals surface area contributed by atoms with Crippen LogP contribution in [0.3, 0.4) is 0 Å². The van der Waals surface area contributed by atoms with E-state index in [-0.39, 0.29) is 31.1 Å². The van der Waals surface area contributed by atoms with Crippen LogP contribution < -0.4 is 0 Å². The van der Waals surface area contributed by atoms with Crippen molar-refractivity contribution in [2.24, 2.45) is 0 Å². The molecule has 0 bridgehead atoms. The third-order valence-corrected chi connectivity index (χ3v) is 9.76. The summed E-state index contributed by atoms with van der Waals surface area (Å²) in [6.07, 6.45) is 0. The van der Waals surface area contributed by atoms with E-state index >= 15 is 0 Å². The molecule has 54 heavy (non-hydrogen) atoms. The fourth-order valence-corrected chi connectivity index (χ4v) is 6.98. The normalized spacial score (nSPS) is 11.2. The van der Waals surface area contributed by atoms with E-state index in [1.54, 1.807) is 0 Å². The van der Waals surface area contributed by atoms with Gasteiger partial charge in [-0.15, -0.1) is 18.2 Å². The molecule has 0 radical (unpaired) electrons. The Hall–Kier alpha value is -6.12. The van der Waals surface area contributed by atoms with E-state index in [0.29, 0.717) is 17.5 Å². The largest absolute Gasteiger partial charge is 2.00 e. The predicted octanol–water partition coefficient (Wildman–Crippen LogP) is 12.5. The first-order chi connectivity index (χ1) is 26.2. The molecule has 0 atom stereocenters. The number of rotatable bonds is 6. The summed E-state index contributed by atoms with van der Waals surface area (Å²) in [5.74, 6) is 1.73. The molecule has 2 aromatic heterocycles. The molecule has 0 saturated carbocycles. The fourth-order valence-electron chi connectivity index (χ4n) is 6.98. The number of furan rings is 1. The maximum Gasteiger partial charge on any atom is 2.00 e. The van der Waals surface area contributed by atoms with E-state index in [1.165, 1.54) is 21.9 Å². The number of benzene rings is 8. The molecule has 5 heteroatoms. The second-order valence-electron chi connectivity index (χ2n) is 13.1. The van der Waals surface area contributed by atoms with Crippen molar-refractivity contribution in [1.82, 2.24) is 15.0 Å². The first-order valence-electron chi connectivity index (χ1n) is 17.6. The zero-order valence-electron chi connectivity index (χ0n) is 29.0. The van der Waals surface area contributed by atoms with Crippen molar-refractivity contribution < 1.29 is 35.5 Å². The van der Waals surface area contributed by atoms with Gasteiger partial charge in [0.15, 0.2) is 11.6 Å². The summed E-state index contributed by atoms with van der Waals surface area (Å²) in [6, 6.07) is 67.1. The third kappa shape index (κ3) is 6.43. The predicted molar refractivity (Wildman–Crippen MR) is 215 cm³/mol. The van der Waals surface area contributed by atoms with E-state index in [0.717, 1.165) is 60.9 Å². The Morgan fingerprint density at radius 3 is 1.78 bits per heavy atom. The van der Waals surface area contributed by atoms with Gasteiger partial charge in [-0.25, -0.2) is 26.1 Å². The van der Waals surface area contributed by atoms with Gasteiger partial charge < -0.3 is 4.42 Å². The van der Waals surface area contributed by atoms with Gasteiger partial charge in [0.2, 0.25) is 0 Å². The summed E-state index contributed by atoms with van der Waals surface area (Å²) < 4.78 is 6.23. The van der Waals surface area contributed by atoms with Gasteiger partial charge in [-0.2, -0.15) is 36.4 Å². The fraction of sp³-hybridized carbons (Fsp3) is 0. The monoisotopic (exact) mass is 913 g/mol. The molecule has 10 rings (SSSR count). The molecule has 10 aromatic rings. The second kappa shape index (κ2) is 14.4. The summed E-state index contributed by atoms with van der Waals surface area (Å²) in [5.41, 5.74) is 10.8. The van der Waals surface area contributed by atoms with Crippen molar-refractivity contribution in [1.29, 1.82) is 0 Å². The van der Waals surface area contributed by atoms with E-state index in [2.05, 4.69) is 121 Å². The van der Waals surface area contributed by atoms with Gasteiger partial charge in [-0.3, -0.25) is 0 Å². The van der Waals surface area contributed by atoms with E-state index in [9.17, 15) is 0 Å². The molecule has 8 aromatic carbocycles. The molecule has 0 aliphatic carbocycles. The molecule has 4 nitrogen and oxygen atoms in total. The second-order valence-corrected chi connectivity index (χ2v) is 13.1. The van der Waals surface area contributed by atoms with Crippen LogP contribution >= 0.6 is 0 Å². The van der Waals surface area contributed by atoms with E-state index in [4.69, 9.17) is 19.4 Å². The van der Waals surface area contributed by atoms with Crippen LogP contribution in [0.15, 0.2) is 180 Å². The Labute approximate surface area is 336 Å². The molecule has 0 spiro atoms. The van der Waals surface area contributed by atoms with Crippen molar-refractivity contribution in [3.05, 3.63) is 188 Å². The van der Waals surface area contributed by atoms with Crippen LogP contribution in [0.5, 0.6) is 0 Å². The first kappa shape index (κ1) is 33.7. The van der Waals surface area contributed by atoms with Gasteiger partial charge in [0.1, 0.15) is 17.0 Å².